The van der Waals surface area contributed by atoms with Crippen molar-refractivity contribution in [2.75, 3.05) is 0 Å². The van der Waals surface area contributed by atoms with Crippen molar-refractivity contribution in [2.45, 2.75) is 26.2 Å². The van der Waals surface area contributed by atoms with Crippen LogP contribution in [0.25, 0.3) is 23.0 Å². The van der Waals surface area contributed by atoms with Crippen molar-refractivity contribution in [3.63, 3.8) is 0 Å². The van der Waals surface area contributed by atoms with Gasteiger partial charge < -0.3 is 4.42 Å². The van der Waals surface area contributed by atoms with Crippen molar-refractivity contribution in [3.8, 4) is 17.4 Å². The number of benzene rings is 1. The van der Waals surface area contributed by atoms with Crippen molar-refractivity contribution in [2.24, 2.45) is 0 Å². The average molecular weight is 333 g/mol. The molecular weight excluding hydrogens is 314 g/mol. The number of hydrogen-bond acceptors (Lipinski definition) is 3. The Morgan fingerprint density at radius 2 is 1.92 bits per heavy atom. The maximum absolute atomic E-state index is 9.53. The third-order valence-electron chi connectivity index (χ3n) is 3.88. The highest BCUT2D eigenvalue weighted by atomic mass is 32.1. The number of nitrogens with zero attached hydrogens (tertiary/aromatic N) is 1. The summed E-state index contributed by atoms with van der Waals surface area (Å²) in [5.74, 6) is 0.823. The minimum atomic E-state index is 0.131. The van der Waals surface area contributed by atoms with Gasteiger partial charge in [-0.25, -0.2) is 0 Å². The van der Waals surface area contributed by atoms with Crippen LogP contribution in [-0.2, 0) is 5.41 Å². The average Bonchev–Trinajstić information content (AvgIpc) is 3.23. The molecule has 2 heterocycles. The van der Waals surface area contributed by atoms with Crippen molar-refractivity contribution < 1.29 is 4.42 Å². The molecule has 0 N–H and O–H groups in total. The summed E-state index contributed by atoms with van der Waals surface area (Å²) in [4.78, 5) is 0.948. The van der Waals surface area contributed by atoms with E-state index in [1.807, 2.05) is 29.7 Å². The van der Waals surface area contributed by atoms with Crippen LogP contribution in [-0.4, -0.2) is 0 Å². The molecule has 0 atom stereocenters. The monoisotopic (exact) mass is 333 g/mol. The summed E-state index contributed by atoms with van der Waals surface area (Å²) < 4.78 is 5.41. The van der Waals surface area contributed by atoms with Crippen LogP contribution in [0.15, 0.2) is 58.5 Å². The molecule has 0 unspecified atom stereocenters. The van der Waals surface area contributed by atoms with Gasteiger partial charge in [0, 0.05) is 15.8 Å². The van der Waals surface area contributed by atoms with Gasteiger partial charge in [-0.2, -0.15) is 5.26 Å². The Hall–Kier alpha value is -2.57. The molecule has 0 saturated heterocycles. The zero-order chi connectivity index (χ0) is 17.2. The van der Waals surface area contributed by atoms with Gasteiger partial charge in [0.05, 0.1) is 11.8 Å². The SMILES string of the molecule is CC(C)(C)c1ccc(/C=C(\C#N)c2cc(-c3ccco3)cs2)cc1. The number of rotatable bonds is 3. The van der Waals surface area contributed by atoms with Crippen molar-refractivity contribution >= 4 is 23.0 Å². The second kappa shape index (κ2) is 6.51. The van der Waals surface area contributed by atoms with Gasteiger partial charge in [-0.1, -0.05) is 45.0 Å². The maximum atomic E-state index is 9.53. The fraction of sp³-hybridized carbons (Fsp3) is 0.190. The highest BCUT2D eigenvalue weighted by molar-refractivity contribution is 7.11. The summed E-state index contributed by atoms with van der Waals surface area (Å²) in [6.45, 7) is 6.58. The second-order valence-electron chi connectivity index (χ2n) is 6.72. The summed E-state index contributed by atoms with van der Waals surface area (Å²) in [6, 6.07) is 16.5. The van der Waals surface area contributed by atoms with Gasteiger partial charge in [-0.3, -0.25) is 0 Å². The molecule has 3 rings (SSSR count). The zero-order valence-electron chi connectivity index (χ0n) is 14.0. The molecule has 3 aromatic rings. The molecule has 0 radical (unpaired) electrons. The topological polar surface area (TPSA) is 36.9 Å². The van der Waals surface area contributed by atoms with E-state index in [-0.39, 0.29) is 5.41 Å². The van der Waals surface area contributed by atoms with Crippen LogP contribution in [0.2, 0.25) is 0 Å². The number of thiophene rings is 1. The molecular formula is C21H19NOS. The minimum Gasteiger partial charge on any atom is -0.464 e. The molecule has 3 heteroatoms. The van der Waals surface area contributed by atoms with E-state index in [0.717, 1.165) is 21.8 Å². The molecule has 24 heavy (non-hydrogen) atoms. The molecule has 0 fully saturated rings. The predicted molar refractivity (Wildman–Crippen MR) is 101 cm³/mol. The van der Waals surface area contributed by atoms with E-state index in [4.69, 9.17) is 4.42 Å². The molecule has 0 aliphatic heterocycles. The predicted octanol–water partition coefficient (Wildman–Crippen LogP) is 6.37. The molecule has 0 aliphatic carbocycles. The third-order valence-corrected chi connectivity index (χ3v) is 4.84. The van der Waals surface area contributed by atoms with Gasteiger partial charge >= 0.3 is 0 Å². The molecule has 0 spiro atoms. The Labute approximate surface area is 146 Å². The Kier molecular flexibility index (Phi) is 4.42. The van der Waals surface area contributed by atoms with E-state index in [1.165, 1.54) is 5.56 Å². The lowest BCUT2D eigenvalue weighted by atomic mass is 9.86. The summed E-state index contributed by atoms with van der Waals surface area (Å²) in [5.41, 5.74) is 4.12. The molecule has 0 saturated carbocycles. The summed E-state index contributed by atoms with van der Waals surface area (Å²) in [7, 11) is 0. The first kappa shape index (κ1) is 16.3. The smallest absolute Gasteiger partial charge is 0.134 e. The van der Waals surface area contributed by atoms with Crippen LogP contribution in [0.1, 0.15) is 36.8 Å². The Morgan fingerprint density at radius 1 is 1.17 bits per heavy atom. The van der Waals surface area contributed by atoms with Crippen LogP contribution in [0.4, 0.5) is 0 Å². The fourth-order valence-corrected chi connectivity index (χ4v) is 3.32. The number of nitriles is 1. The quantitative estimate of drug-likeness (QED) is 0.522. The summed E-state index contributed by atoms with van der Waals surface area (Å²) in [6.07, 6.45) is 3.59. The first-order valence-corrected chi connectivity index (χ1v) is 8.70. The zero-order valence-corrected chi connectivity index (χ0v) is 14.9. The Balaban J connectivity index is 1.89. The third kappa shape index (κ3) is 3.50. The van der Waals surface area contributed by atoms with E-state index in [1.54, 1.807) is 17.6 Å². The van der Waals surface area contributed by atoms with E-state index in [9.17, 15) is 5.26 Å². The van der Waals surface area contributed by atoms with Crippen LogP contribution < -0.4 is 0 Å². The molecule has 2 aromatic heterocycles. The molecule has 1 aromatic carbocycles. The Morgan fingerprint density at radius 3 is 2.50 bits per heavy atom. The van der Waals surface area contributed by atoms with Crippen LogP contribution >= 0.6 is 11.3 Å². The summed E-state index contributed by atoms with van der Waals surface area (Å²) >= 11 is 1.56. The molecule has 0 aliphatic rings. The lowest BCUT2D eigenvalue weighted by Gasteiger charge is -2.18. The van der Waals surface area contributed by atoms with Gasteiger partial charge in [0.25, 0.3) is 0 Å². The van der Waals surface area contributed by atoms with Gasteiger partial charge in [0.15, 0.2) is 0 Å². The normalized spacial score (nSPS) is 12.2. The van der Waals surface area contributed by atoms with Crippen LogP contribution in [0.3, 0.4) is 0 Å². The lowest BCUT2D eigenvalue weighted by Crippen LogP contribution is -2.10. The molecule has 0 bridgehead atoms. The van der Waals surface area contributed by atoms with E-state index >= 15 is 0 Å². The van der Waals surface area contributed by atoms with Crippen LogP contribution in [0, 0.1) is 11.3 Å². The van der Waals surface area contributed by atoms with Gasteiger partial charge in [-0.05, 0) is 40.8 Å². The van der Waals surface area contributed by atoms with Gasteiger partial charge in [0.2, 0.25) is 0 Å². The molecule has 120 valence electrons. The second-order valence-corrected chi connectivity index (χ2v) is 7.63. The molecule has 2 nitrogen and oxygen atoms in total. The van der Waals surface area contributed by atoms with E-state index in [0.29, 0.717) is 5.57 Å². The van der Waals surface area contributed by atoms with Crippen LogP contribution in [0.5, 0.6) is 0 Å². The summed E-state index contributed by atoms with van der Waals surface area (Å²) in [5, 5.41) is 11.5. The number of allylic oxidation sites excluding steroid dienone is 1. The van der Waals surface area contributed by atoms with E-state index < -0.39 is 0 Å². The van der Waals surface area contributed by atoms with Gasteiger partial charge in [-0.15, -0.1) is 11.3 Å². The number of hydrogen-bond donors (Lipinski definition) is 0. The highest BCUT2D eigenvalue weighted by Gasteiger charge is 2.13. The molecule has 0 amide bonds. The maximum Gasteiger partial charge on any atom is 0.134 e. The van der Waals surface area contributed by atoms with Crippen molar-refractivity contribution in [3.05, 3.63) is 70.1 Å². The lowest BCUT2D eigenvalue weighted by molar-refractivity contribution is 0.582. The first-order chi connectivity index (χ1) is 11.5. The fourth-order valence-electron chi connectivity index (χ4n) is 2.45. The van der Waals surface area contributed by atoms with Crippen molar-refractivity contribution in [1.82, 2.24) is 0 Å². The minimum absolute atomic E-state index is 0.131. The standard InChI is InChI=1S/C21H19NOS/c1-21(2,3)18-8-6-15(7-9-18)11-16(13-22)20-12-17(14-24-20)19-5-4-10-23-19/h4-12,14H,1-3H3/b16-11+. The van der Waals surface area contributed by atoms with Gasteiger partial charge in [0.1, 0.15) is 11.8 Å². The highest BCUT2D eigenvalue weighted by Crippen LogP contribution is 2.31. The van der Waals surface area contributed by atoms with Crippen molar-refractivity contribution in [1.29, 1.82) is 5.26 Å². The Bertz CT molecular complexity index is 885. The number of furan rings is 1. The largest absolute Gasteiger partial charge is 0.464 e. The first-order valence-electron chi connectivity index (χ1n) is 7.82. The van der Waals surface area contributed by atoms with E-state index in [2.05, 4.69) is 51.1 Å².